The second-order valence-electron chi connectivity index (χ2n) is 6.98. The molecule has 164 valence electrons. The van der Waals surface area contributed by atoms with Crippen LogP contribution < -0.4 is 21.3 Å². The van der Waals surface area contributed by atoms with Crippen LogP contribution in [0.1, 0.15) is 10.5 Å². The molecular weight excluding hydrogens is 406 g/mol. The molecule has 2 aromatic carbocycles. The van der Waals surface area contributed by atoms with Crippen LogP contribution in [0.3, 0.4) is 0 Å². The van der Waals surface area contributed by atoms with Crippen molar-refractivity contribution in [2.24, 2.45) is 0 Å². The van der Waals surface area contributed by atoms with E-state index in [4.69, 9.17) is 0 Å². The number of amides is 3. The van der Waals surface area contributed by atoms with E-state index in [0.717, 1.165) is 16.3 Å². The molecule has 0 aliphatic rings. The fourth-order valence-corrected chi connectivity index (χ4v) is 3.09. The van der Waals surface area contributed by atoms with E-state index in [-0.39, 0.29) is 24.1 Å². The quantitative estimate of drug-likeness (QED) is 0.306. The predicted molar refractivity (Wildman–Crippen MR) is 125 cm³/mol. The molecule has 32 heavy (non-hydrogen) atoms. The summed E-state index contributed by atoms with van der Waals surface area (Å²) >= 11 is 0. The van der Waals surface area contributed by atoms with Crippen LogP contribution in [-0.4, -0.2) is 49.4 Å². The highest BCUT2D eigenvalue weighted by Crippen LogP contribution is 2.28. The molecular formula is C24H25N5O3. The molecule has 0 spiro atoms. The first-order valence-corrected chi connectivity index (χ1v) is 10.1. The monoisotopic (exact) mass is 431 g/mol. The summed E-state index contributed by atoms with van der Waals surface area (Å²) in [5, 5.41) is 12.8. The Morgan fingerprint density at radius 3 is 2.59 bits per heavy atom. The Kier molecular flexibility index (Phi) is 7.66. The molecule has 0 aliphatic heterocycles. The second kappa shape index (κ2) is 10.8. The number of benzene rings is 2. The summed E-state index contributed by atoms with van der Waals surface area (Å²) < 4.78 is 0. The van der Waals surface area contributed by atoms with Crippen LogP contribution in [0.4, 0.5) is 5.69 Å². The topological polar surface area (TPSA) is 112 Å². The van der Waals surface area contributed by atoms with Crippen LogP contribution in [0.15, 0.2) is 67.3 Å². The number of pyridine rings is 1. The SMILES string of the molecule is C=CC(=O)Nc1cccc2ccc(-c3cccc(C(=O)NCC(=O)NCCNC)n3)cc12. The van der Waals surface area contributed by atoms with Gasteiger partial charge in [-0.1, -0.05) is 36.9 Å². The Hall–Kier alpha value is -4.04. The van der Waals surface area contributed by atoms with Gasteiger partial charge in [0.1, 0.15) is 5.69 Å². The van der Waals surface area contributed by atoms with Crippen molar-refractivity contribution in [2.75, 3.05) is 32.0 Å². The highest BCUT2D eigenvalue weighted by Gasteiger charge is 2.12. The minimum Gasteiger partial charge on any atom is -0.353 e. The van der Waals surface area contributed by atoms with Crippen molar-refractivity contribution in [1.82, 2.24) is 20.9 Å². The normalized spacial score (nSPS) is 10.4. The molecule has 0 atom stereocenters. The molecule has 8 heteroatoms. The maximum atomic E-state index is 12.5. The van der Waals surface area contributed by atoms with Crippen molar-refractivity contribution in [1.29, 1.82) is 0 Å². The van der Waals surface area contributed by atoms with Crippen molar-refractivity contribution in [3.8, 4) is 11.3 Å². The maximum absolute atomic E-state index is 12.5. The number of carbonyl (C=O) groups excluding carboxylic acids is 3. The third-order valence-corrected chi connectivity index (χ3v) is 4.71. The zero-order valence-corrected chi connectivity index (χ0v) is 17.8. The summed E-state index contributed by atoms with van der Waals surface area (Å²) in [5.41, 5.74) is 2.26. The summed E-state index contributed by atoms with van der Waals surface area (Å²) in [5.74, 6) is -1.00. The van der Waals surface area contributed by atoms with E-state index in [1.807, 2.05) is 36.4 Å². The van der Waals surface area contributed by atoms with Gasteiger partial charge in [-0.3, -0.25) is 14.4 Å². The first-order valence-electron chi connectivity index (χ1n) is 10.1. The molecule has 3 amide bonds. The molecule has 0 bridgehead atoms. The number of hydrogen-bond donors (Lipinski definition) is 4. The van der Waals surface area contributed by atoms with Crippen molar-refractivity contribution < 1.29 is 14.4 Å². The van der Waals surface area contributed by atoms with E-state index in [1.165, 1.54) is 6.08 Å². The largest absolute Gasteiger partial charge is 0.353 e. The lowest BCUT2D eigenvalue weighted by Gasteiger charge is -2.10. The van der Waals surface area contributed by atoms with Crippen molar-refractivity contribution in [3.05, 3.63) is 72.9 Å². The van der Waals surface area contributed by atoms with Crippen molar-refractivity contribution >= 4 is 34.2 Å². The van der Waals surface area contributed by atoms with E-state index in [2.05, 4.69) is 32.8 Å². The van der Waals surface area contributed by atoms with Gasteiger partial charge in [0.25, 0.3) is 5.91 Å². The number of fused-ring (bicyclic) bond motifs is 1. The highest BCUT2D eigenvalue weighted by atomic mass is 16.2. The summed E-state index contributed by atoms with van der Waals surface area (Å²) in [4.78, 5) is 40.5. The van der Waals surface area contributed by atoms with Crippen LogP contribution in [0.25, 0.3) is 22.0 Å². The molecule has 0 fully saturated rings. The van der Waals surface area contributed by atoms with Crippen LogP contribution >= 0.6 is 0 Å². The van der Waals surface area contributed by atoms with Crippen LogP contribution in [0.5, 0.6) is 0 Å². The zero-order valence-electron chi connectivity index (χ0n) is 17.8. The summed E-state index contributed by atoms with van der Waals surface area (Å²) in [6.45, 7) is 4.49. The van der Waals surface area contributed by atoms with Gasteiger partial charge in [-0.25, -0.2) is 4.98 Å². The minimum absolute atomic E-state index is 0.128. The van der Waals surface area contributed by atoms with E-state index in [9.17, 15) is 14.4 Å². The number of carbonyl (C=O) groups is 3. The Labute approximate surface area is 186 Å². The van der Waals surface area contributed by atoms with E-state index in [1.54, 1.807) is 25.2 Å². The van der Waals surface area contributed by atoms with Gasteiger partial charge in [0.2, 0.25) is 11.8 Å². The fourth-order valence-electron chi connectivity index (χ4n) is 3.09. The number of aromatic nitrogens is 1. The number of hydrogen-bond acceptors (Lipinski definition) is 5. The average Bonchev–Trinajstić information content (AvgIpc) is 2.82. The van der Waals surface area contributed by atoms with Gasteiger partial charge in [0.15, 0.2) is 0 Å². The molecule has 1 heterocycles. The molecule has 0 unspecified atom stereocenters. The lowest BCUT2D eigenvalue weighted by Crippen LogP contribution is -2.39. The van der Waals surface area contributed by atoms with Crippen molar-refractivity contribution in [2.45, 2.75) is 0 Å². The van der Waals surface area contributed by atoms with Crippen LogP contribution in [0.2, 0.25) is 0 Å². The second-order valence-corrected chi connectivity index (χ2v) is 6.98. The molecule has 3 aromatic rings. The number of nitrogens with zero attached hydrogens (tertiary/aromatic N) is 1. The lowest BCUT2D eigenvalue weighted by atomic mass is 10.0. The molecule has 8 nitrogen and oxygen atoms in total. The summed E-state index contributed by atoms with van der Waals surface area (Å²) in [6.07, 6.45) is 1.22. The highest BCUT2D eigenvalue weighted by molar-refractivity contribution is 6.06. The van der Waals surface area contributed by atoms with Gasteiger partial charge in [-0.2, -0.15) is 0 Å². The summed E-state index contributed by atoms with van der Waals surface area (Å²) in [6, 6.07) is 16.5. The van der Waals surface area contributed by atoms with Crippen molar-refractivity contribution in [3.63, 3.8) is 0 Å². The Balaban J connectivity index is 1.79. The van der Waals surface area contributed by atoms with Gasteiger partial charge in [-0.05, 0) is 42.8 Å². The van der Waals surface area contributed by atoms with Gasteiger partial charge >= 0.3 is 0 Å². The van der Waals surface area contributed by atoms with E-state index in [0.29, 0.717) is 24.5 Å². The standard InChI is InChI=1S/C24H25N5O3/c1-3-22(30)29-20-8-4-6-16-10-11-17(14-18(16)20)19-7-5-9-21(28-19)24(32)27-15-23(31)26-13-12-25-2/h3-11,14,25H,1,12-13,15H2,2H3,(H,26,31)(H,27,32)(H,29,30). The minimum atomic E-state index is -0.435. The molecule has 0 aliphatic carbocycles. The Morgan fingerprint density at radius 1 is 1.00 bits per heavy atom. The molecule has 0 radical (unpaired) electrons. The van der Waals surface area contributed by atoms with Crippen LogP contribution in [0, 0.1) is 0 Å². The average molecular weight is 431 g/mol. The van der Waals surface area contributed by atoms with Gasteiger partial charge in [0, 0.05) is 29.7 Å². The lowest BCUT2D eigenvalue weighted by molar-refractivity contribution is -0.120. The van der Waals surface area contributed by atoms with E-state index >= 15 is 0 Å². The van der Waals surface area contributed by atoms with E-state index < -0.39 is 5.91 Å². The number of rotatable bonds is 9. The van der Waals surface area contributed by atoms with Gasteiger partial charge < -0.3 is 21.3 Å². The fraction of sp³-hybridized carbons (Fsp3) is 0.167. The third kappa shape index (κ3) is 5.77. The first-order chi connectivity index (χ1) is 15.5. The first kappa shape index (κ1) is 22.6. The molecule has 3 rings (SSSR count). The molecule has 4 N–H and O–H groups in total. The molecule has 0 saturated heterocycles. The molecule has 1 aromatic heterocycles. The van der Waals surface area contributed by atoms with Crippen LogP contribution in [-0.2, 0) is 9.59 Å². The number of anilines is 1. The van der Waals surface area contributed by atoms with Gasteiger partial charge in [0.05, 0.1) is 12.2 Å². The summed E-state index contributed by atoms with van der Waals surface area (Å²) in [7, 11) is 1.79. The number of nitrogens with one attached hydrogen (secondary N) is 4. The predicted octanol–water partition coefficient (Wildman–Crippen LogP) is 2.09. The van der Waals surface area contributed by atoms with Gasteiger partial charge in [-0.15, -0.1) is 0 Å². The Morgan fingerprint density at radius 2 is 1.81 bits per heavy atom. The zero-order chi connectivity index (χ0) is 22.9. The molecule has 0 saturated carbocycles. The third-order valence-electron chi connectivity index (χ3n) is 4.71. The maximum Gasteiger partial charge on any atom is 0.270 e. The number of likely N-dealkylation sites (N-methyl/N-ethyl adjacent to an activating group) is 1. The smallest absolute Gasteiger partial charge is 0.270 e. The Bertz CT molecular complexity index is 1160.